The minimum absolute atomic E-state index is 0.579. The topological polar surface area (TPSA) is 81.2 Å². The molecule has 2 heterocycles. The molecule has 61 heavy (non-hydrogen) atoms. The van der Waals surface area contributed by atoms with Crippen molar-refractivity contribution in [2.24, 2.45) is 0 Å². The zero-order valence-electron chi connectivity index (χ0n) is 35.8. The van der Waals surface area contributed by atoms with Crippen LogP contribution in [0.15, 0.2) is 94.7 Å². The summed E-state index contributed by atoms with van der Waals surface area (Å²) in [6.07, 6.45) is 3.55. The zero-order valence-corrected chi connectivity index (χ0v) is 43.5. The molecule has 0 saturated heterocycles. The van der Waals surface area contributed by atoms with E-state index < -0.39 is 17.6 Å². The first-order valence-electron chi connectivity index (χ1n) is 21.0. The number of aromatic nitrogens is 2. The number of thiazole rings is 2. The fraction of sp³-hybridized carbons (Fsp3) is 0.409. The van der Waals surface area contributed by atoms with Gasteiger partial charge in [0.2, 0.25) is 0 Å². The largest absolute Gasteiger partial charge is 0.500 e. The van der Waals surface area contributed by atoms with Crippen LogP contribution in [0.2, 0.25) is 12.1 Å². The molecule has 328 valence electrons. The standard InChI is InChI=1S/C44H56N2O6S7Si2/c1-7-47-60(48-8-2,49-9-3)31-19-23-33-21-17-29-39(41(33)43-45-35-25-13-15-27-37(35)53-43)55-57-59-58-56-40-30-18-22-34(24-20-32-61(50-10-4,51-11-5)52-12-6)42(40)44-46-36-26-14-16-28-38(36)54-44/h13-18,21-22,25-30H,7-12,19-20,23-24,31-32H2,1-6H3. The number of para-hydroxylation sites is 2. The Morgan fingerprint density at radius 1 is 0.459 bits per heavy atom. The molecule has 0 bridgehead atoms. The highest BCUT2D eigenvalue weighted by atomic mass is 33.8. The molecule has 0 aliphatic heterocycles. The van der Waals surface area contributed by atoms with Gasteiger partial charge in [0.05, 0.1) is 20.4 Å². The van der Waals surface area contributed by atoms with Crippen LogP contribution in [0.5, 0.6) is 0 Å². The predicted molar refractivity (Wildman–Crippen MR) is 272 cm³/mol. The summed E-state index contributed by atoms with van der Waals surface area (Å²) in [6.45, 7) is 15.6. The van der Waals surface area contributed by atoms with Gasteiger partial charge < -0.3 is 26.6 Å². The molecule has 8 nitrogen and oxygen atoms in total. The third-order valence-electron chi connectivity index (χ3n) is 9.59. The SMILES string of the molecule is CCO[Si](CCCc1cccc(SSSSSc2cccc(CCC[Si](OCC)(OCC)OCC)c2-c2nc3ccccc3s2)c1-c1nc2ccccc2s1)(OCC)OCC. The third-order valence-corrected chi connectivity index (χ3v) is 26.3. The Labute approximate surface area is 391 Å². The molecule has 0 atom stereocenters. The van der Waals surface area contributed by atoms with Gasteiger partial charge in [-0.15, -0.1) is 22.7 Å². The van der Waals surface area contributed by atoms with Crippen molar-refractivity contribution in [1.29, 1.82) is 0 Å². The van der Waals surface area contributed by atoms with E-state index in [1.165, 1.54) is 41.4 Å². The summed E-state index contributed by atoms with van der Waals surface area (Å²) in [5.74, 6) is 0. The van der Waals surface area contributed by atoms with E-state index in [0.29, 0.717) is 39.6 Å². The summed E-state index contributed by atoms with van der Waals surface area (Å²) >= 11 is 3.52. The maximum atomic E-state index is 6.20. The quantitative estimate of drug-likeness (QED) is 0.0266. The van der Waals surface area contributed by atoms with Crippen LogP contribution in [-0.4, -0.2) is 67.2 Å². The molecule has 0 radical (unpaired) electrons. The Morgan fingerprint density at radius 3 is 1.20 bits per heavy atom. The summed E-state index contributed by atoms with van der Waals surface area (Å²) in [5.41, 5.74) is 7.06. The monoisotopic (exact) mass is 988 g/mol. The molecule has 0 saturated carbocycles. The van der Waals surface area contributed by atoms with Gasteiger partial charge in [-0.05, 0) is 166 Å². The summed E-state index contributed by atoms with van der Waals surface area (Å²) in [7, 11) is 3.45. The van der Waals surface area contributed by atoms with E-state index in [4.69, 9.17) is 36.5 Å². The van der Waals surface area contributed by atoms with Crippen LogP contribution >= 0.6 is 73.7 Å². The number of fused-ring (bicyclic) bond motifs is 2. The molecule has 0 spiro atoms. The molecule has 0 fully saturated rings. The minimum Gasteiger partial charge on any atom is -0.374 e. The smallest absolute Gasteiger partial charge is 0.374 e. The van der Waals surface area contributed by atoms with Gasteiger partial charge >= 0.3 is 17.6 Å². The Kier molecular flexibility index (Phi) is 20.4. The second-order valence-corrected chi connectivity index (χ2v) is 28.6. The van der Waals surface area contributed by atoms with Crippen LogP contribution in [-0.2, 0) is 39.4 Å². The fourth-order valence-corrected chi connectivity index (χ4v) is 23.3. The highest BCUT2D eigenvalue weighted by Gasteiger charge is 2.40. The predicted octanol–water partition coefficient (Wildman–Crippen LogP) is 14.9. The van der Waals surface area contributed by atoms with Gasteiger partial charge in [-0.3, -0.25) is 0 Å². The van der Waals surface area contributed by atoms with Crippen molar-refractivity contribution >= 4 is 112 Å². The molecule has 2 aromatic heterocycles. The van der Waals surface area contributed by atoms with E-state index in [1.807, 2.05) is 41.5 Å². The average molecular weight is 990 g/mol. The Morgan fingerprint density at radius 2 is 0.836 bits per heavy atom. The second-order valence-electron chi connectivity index (χ2n) is 13.6. The molecule has 0 aliphatic rings. The maximum Gasteiger partial charge on any atom is 0.500 e. The number of aryl methyl sites for hydroxylation is 2. The molecule has 0 amide bonds. The lowest BCUT2D eigenvalue weighted by Gasteiger charge is -2.28. The second kappa shape index (κ2) is 25.3. The van der Waals surface area contributed by atoms with Gasteiger partial charge in [-0.25, -0.2) is 9.97 Å². The third kappa shape index (κ3) is 13.3. The van der Waals surface area contributed by atoms with Crippen molar-refractivity contribution in [3.63, 3.8) is 0 Å². The molecule has 6 aromatic rings. The first-order chi connectivity index (χ1) is 29.9. The molecule has 0 unspecified atom stereocenters. The number of rotatable bonds is 28. The Balaban J connectivity index is 1.19. The van der Waals surface area contributed by atoms with E-state index in [9.17, 15) is 0 Å². The van der Waals surface area contributed by atoms with Crippen molar-refractivity contribution < 1.29 is 26.6 Å². The van der Waals surface area contributed by atoms with E-state index in [1.54, 1.807) is 73.7 Å². The van der Waals surface area contributed by atoms with Crippen LogP contribution in [0.25, 0.3) is 41.6 Å². The molecular formula is C44H56N2O6S7Si2. The average Bonchev–Trinajstić information content (AvgIpc) is 3.89. The van der Waals surface area contributed by atoms with Crippen LogP contribution in [0.4, 0.5) is 0 Å². The van der Waals surface area contributed by atoms with Gasteiger partial charge in [-0.2, -0.15) is 0 Å². The summed E-state index contributed by atoms with van der Waals surface area (Å²) in [4.78, 5) is 12.7. The minimum atomic E-state index is -2.75. The number of hydrogen-bond donors (Lipinski definition) is 0. The molecule has 17 heteroatoms. The van der Waals surface area contributed by atoms with E-state index >= 15 is 0 Å². The lowest BCUT2D eigenvalue weighted by atomic mass is 10.0. The van der Waals surface area contributed by atoms with Crippen molar-refractivity contribution in [3.8, 4) is 21.1 Å². The first kappa shape index (κ1) is 49.0. The lowest BCUT2D eigenvalue weighted by Crippen LogP contribution is -2.46. The summed E-state index contributed by atoms with van der Waals surface area (Å²) in [6, 6.07) is 31.7. The van der Waals surface area contributed by atoms with Gasteiger partial charge in [0.15, 0.2) is 0 Å². The van der Waals surface area contributed by atoms with Crippen molar-refractivity contribution in [3.05, 3.63) is 96.1 Å². The fourth-order valence-electron chi connectivity index (χ4n) is 7.26. The zero-order chi connectivity index (χ0) is 42.9. The highest BCUT2D eigenvalue weighted by Crippen LogP contribution is 2.56. The van der Waals surface area contributed by atoms with Crippen molar-refractivity contribution in [2.45, 2.75) is 89.1 Å². The van der Waals surface area contributed by atoms with Gasteiger partial charge in [0.1, 0.15) is 10.0 Å². The molecule has 6 rings (SSSR count). The maximum absolute atomic E-state index is 6.20. The Hall–Kier alpha value is -1.40. The molecule has 4 aromatic carbocycles. The molecule has 0 aliphatic carbocycles. The number of benzene rings is 4. The normalized spacial score (nSPS) is 12.3. The van der Waals surface area contributed by atoms with E-state index in [2.05, 4.69) is 84.9 Å². The van der Waals surface area contributed by atoms with Gasteiger partial charge in [0, 0.05) is 72.6 Å². The van der Waals surface area contributed by atoms with Crippen molar-refractivity contribution in [2.75, 3.05) is 39.6 Å². The number of nitrogens with zero attached hydrogens (tertiary/aromatic N) is 2. The Bertz CT molecular complexity index is 2010. The van der Waals surface area contributed by atoms with Crippen molar-refractivity contribution in [1.82, 2.24) is 9.97 Å². The molecule has 0 N–H and O–H groups in total. The van der Waals surface area contributed by atoms with Crippen LogP contribution in [0.1, 0.15) is 65.5 Å². The first-order valence-corrected chi connectivity index (χ1v) is 32.7. The lowest BCUT2D eigenvalue weighted by molar-refractivity contribution is 0.0700. The van der Waals surface area contributed by atoms with Crippen LogP contribution < -0.4 is 0 Å². The van der Waals surface area contributed by atoms with E-state index in [0.717, 1.165) is 58.8 Å². The number of hydrogen-bond acceptors (Lipinski definition) is 15. The van der Waals surface area contributed by atoms with Crippen LogP contribution in [0, 0.1) is 0 Å². The van der Waals surface area contributed by atoms with Gasteiger partial charge in [0.25, 0.3) is 0 Å². The van der Waals surface area contributed by atoms with Gasteiger partial charge in [-0.1, -0.05) is 48.5 Å². The summed E-state index contributed by atoms with van der Waals surface area (Å²) < 4.78 is 39.6. The van der Waals surface area contributed by atoms with Crippen LogP contribution in [0.3, 0.4) is 0 Å². The highest BCUT2D eigenvalue weighted by molar-refractivity contribution is 9.35. The van der Waals surface area contributed by atoms with E-state index in [-0.39, 0.29) is 0 Å². The summed E-state index contributed by atoms with van der Waals surface area (Å²) in [5, 5.41) is 2.10. The molecular weight excluding hydrogens is 933 g/mol.